The van der Waals surface area contributed by atoms with E-state index in [1.54, 1.807) is 0 Å². The summed E-state index contributed by atoms with van der Waals surface area (Å²) in [4.78, 5) is 38.1. The predicted octanol–water partition coefficient (Wildman–Crippen LogP) is 4.52. The summed E-state index contributed by atoms with van der Waals surface area (Å²) in [6.07, 6.45) is 7.47. The number of hydrogen-bond donors (Lipinski definition) is 3. The first-order valence-electron chi connectivity index (χ1n) is 12.8. The predicted molar refractivity (Wildman–Crippen MR) is 138 cm³/mol. The van der Waals surface area contributed by atoms with Crippen LogP contribution in [0.3, 0.4) is 0 Å². The quantitative estimate of drug-likeness (QED) is 0.410. The van der Waals surface area contributed by atoms with Crippen LogP contribution in [0.2, 0.25) is 0 Å². The van der Waals surface area contributed by atoms with Crippen molar-refractivity contribution >= 4 is 29.5 Å². The van der Waals surface area contributed by atoms with Crippen LogP contribution in [0.5, 0.6) is 5.88 Å². The number of carbonyl (C=O) groups is 3. The Balaban J connectivity index is 1.47. The lowest BCUT2D eigenvalue weighted by molar-refractivity contribution is -0.146. The van der Waals surface area contributed by atoms with Crippen molar-refractivity contribution in [2.75, 3.05) is 6.61 Å². The maximum absolute atomic E-state index is 13.3. The summed E-state index contributed by atoms with van der Waals surface area (Å²) in [5.74, 6) is -0.211. The Bertz CT molecular complexity index is 1110. The molecule has 200 valence electrons. The lowest BCUT2D eigenvalue weighted by atomic mass is 9.66. The molecular weight excluding hydrogens is 494 g/mol. The lowest BCUT2D eigenvalue weighted by Gasteiger charge is -2.41. The zero-order valence-electron chi connectivity index (χ0n) is 21.5. The van der Waals surface area contributed by atoms with Gasteiger partial charge in [0.15, 0.2) is 6.61 Å². The first-order chi connectivity index (χ1) is 17.6. The van der Waals surface area contributed by atoms with Crippen LogP contribution in [-0.4, -0.2) is 46.2 Å². The number of rotatable bonds is 10. The molecular formula is C27H35N3O6S. The minimum atomic E-state index is -1.45. The first kappa shape index (κ1) is 27.0. The lowest BCUT2D eigenvalue weighted by Crippen LogP contribution is -2.51. The maximum Gasteiger partial charge on any atom is 0.328 e. The topological polar surface area (TPSA) is 131 Å². The molecule has 3 N–H and O–H groups in total. The van der Waals surface area contributed by atoms with Gasteiger partial charge in [0.05, 0.1) is 0 Å². The molecule has 4 rings (SSSR count). The highest BCUT2D eigenvalue weighted by Crippen LogP contribution is 2.44. The normalized spacial score (nSPS) is 22.1. The molecule has 2 aliphatic carbocycles. The molecule has 10 heteroatoms. The molecule has 1 aromatic carbocycles. The van der Waals surface area contributed by atoms with Crippen LogP contribution >= 0.6 is 11.8 Å². The second-order valence-corrected chi connectivity index (χ2v) is 11.8. The van der Waals surface area contributed by atoms with Crippen molar-refractivity contribution in [1.29, 1.82) is 0 Å². The average molecular weight is 530 g/mol. The number of amides is 2. The van der Waals surface area contributed by atoms with Gasteiger partial charge in [0, 0.05) is 10.9 Å². The second-order valence-electron chi connectivity index (χ2n) is 10.7. The minimum absolute atomic E-state index is 0.00198. The summed E-state index contributed by atoms with van der Waals surface area (Å²) >= 11 is 1.25. The number of carboxylic acids is 1. The van der Waals surface area contributed by atoms with E-state index in [1.165, 1.54) is 51.3 Å². The van der Waals surface area contributed by atoms with Crippen molar-refractivity contribution in [3.63, 3.8) is 0 Å². The Kier molecular flexibility index (Phi) is 8.46. The zero-order chi connectivity index (χ0) is 26.6. The van der Waals surface area contributed by atoms with Crippen molar-refractivity contribution in [2.45, 2.75) is 80.7 Å². The Morgan fingerprint density at radius 3 is 2.49 bits per heavy atom. The summed E-state index contributed by atoms with van der Waals surface area (Å²) in [5.41, 5.74) is -1.45. The molecule has 2 aromatic rings. The molecule has 0 aliphatic heterocycles. The molecule has 2 bridgehead atoms. The number of hydrogen-bond acceptors (Lipinski definition) is 7. The summed E-state index contributed by atoms with van der Waals surface area (Å²) in [5, 5.41) is 18.7. The van der Waals surface area contributed by atoms with Crippen LogP contribution in [-0.2, 0) is 9.59 Å². The van der Waals surface area contributed by atoms with Crippen molar-refractivity contribution in [1.82, 2.24) is 15.8 Å². The van der Waals surface area contributed by atoms with Crippen LogP contribution in [0.4, 0.5) is 0 Å². The molecule has 3 unspecified atom stereocenters. The van der Waals surface area contributed by atoms with Gasteiger partial charge in [-0.1, -0.05) is 49.2 Å². The number of aromatic nitrogens is 1. The molecule has 0 radical (unpaired) electrons. The monoisotopic (exact) mass is 529 g/mol. The number of benzene rings is 1. The van der Waals surface area contributed by atoms with Gasteiger partial charge in [-0.05, 0) is 75.1 Å². The molecule has 2 saturated carbocycles. The molecule has 37 heavy (non-hydrogen) atoms. The number of nitrogens with zero attached hydrogens (tertiary/aromatic N) is 1. The van der Waals surface area contributed by atoms with E-state index in [4.69, 9.17) is 9.26 Å². The molecule has 0 saturated heterocycles. The zero-order valence-corrected chi connectivity index (χ0v) is 22.3. The van der Waals surface area contributed by atoms with Crippen molar-refractivity contribution < 1.29 is 28.8 Å². The summed E-state index contributed by atoms with van der Waals surface area (Å²) in [6.45, 7) is 4.33. The van der Waals surface area contributed by atoms with Crippen LogP contribution < -0.4 is 15.4 Å². The third-order valence-electron chi connectivity index (χ3n) is 7.35. The van der Waals surface area contributed by atoms with E-state index in [1.807, 2.05) is 30.3 Å². The van der Waals surface area contributed by atoms with E-state index < -0.39 is 24.0 Å². The number of ether oxygens (including phenoxy) is 1. The highest BCUT2D eigenvalue weighted by molar-refractivity contribution is 7.99. The fourth-order valence-electron chi connectivity index (χ4n) is 5.35. The molecule has 3 atom stereocenters. The summed E-state index contributed by atoms with van der Waals surface area (Å²) < 4.78 is 11.0. The van der Waals surface area contributed by atoms with Crippen molar-refractivity contribution in [2.24, 2.45) is 17.8 Å². The molecule has 1 heterocycles. The van der Waals surface area contributed by atoms with E-state index in [-0.39, 0.29) is 23.6 Å². The molecule has 9 nitrogen and oxygen atoms in total. The van der Waals surface area contributed by atoms with Gasteiger partial charge in [0.1, 0.15) is 10.4 Å². The van der Waals surface area contributed by atoms with E-state index in [0.717, 1.165) is 29.6 Å². The fourth-order valence-corrected chi connectivity index (χ4v) is 6.29. The molecule has 0 spiro atoms. The Morgan fingerprint density at radius 1 is 1.16 bits per heavy atom. The Morgan fingerprint density at radius 2 is 1.84 bits per heavy atom. The van der Waals surface area contributed by atoms with Gasteiger partial charge in [-0.25, -0.2) is 4.79 Å². The highest BCUT2D eigenvalue weighted by atomic mass is 32.2. The third-order valence-corrected chi connectivity index (χ3v) is 8.42. The minimum Gasteiger partial charge on any atom is -0.480 e. The first-order valence-corrected chi connectivity index (χ1v) is 13.6. The molecule has 2 aliphatic rings. The Labute approximate surface area is 221 Å². The van der Waals surface area contributed by atoms with Crippen LogP contribution in [0, 0.1) is 17.8 Å². The summed E-state index contributed by atoms with van der Waals surface area (Å²) in [7, 11) is 0. The Hall–Kier alpha value is -3.01. The van der Waals surface area contributed by atoms with Crippen molar-refractivity contribution in [3.8, 4) is 5.88 Å². The van der Waals surface area contributed by atoms with E-state index >= 15 is 0 Å². The number of carboxylic acid groups (broad SMARTS) is 1. The van der Waals surface area contributed by atoms with Gasteiger partial charge in [-0.15, -0.1) is 0 Å². The smallest absolute Gasteiger partial charge is 0.328 e. The number of aliphatic carboxylic acids is 1. The van der Waals surface area contributed by atoms with Gasteiger partial charge in [-0.2, -0.15) is 0 Å². The fraction of sp³-hybridized carbons (Fsp3) is 0.556. The van der Waals surface area contributed by atoms with Gasteiger partial charge >= 0.3 is 5.97 Å². The maximum atomic E-state index is 13.3. The van der Waals surface area contributed by atoms with E-state index in [0.29, 0.717) is 10.8 Å². The van der Waals surface area contributed by atoms with Gasteiger partial charge in [0.2, 0.25) is 5.76 Å². The number of nitrogens with one attached hydrogen (secondary N) is 2. The highest BCUT2D eigenvalue weighted by Gasteiger charge is 2.36. The van der Waals surface area contributed by atoms with Gasteiger partial charge in [-0.3, -0.25) is 9.59 Å². The number of fused-ring (bicyclic) bond motifs is 2. The number of carbonyl (C=O) groups excluding carboxylic acids is 2. The summed E-state index contributed by atoms with van der Waals surface area (Å²) in [6, 6.07) is 9.39. The van der Waals surface area contributed by atoms with Gasteiger partial charge < -0.3 is 25.0 Å². The van der Waals surface area contributed by atoms with E-state index in [9.17, 15) is 19.5 Å². The van der Waals surface area contributed by atoms with Crippen LogP contribution in [0.15, 0.2) is 44.6 Å². The van der Waals surface area contributed by atoms with E-state index in [2.05, 4.69) is 22.7 Å². The standard InChI is InChI=1S/C27H35N3O6S/c1-16(19-13-17-8-7-9-18(12-17)14-19)28-24(32)22-23(37-20-10-5-4-6-11-20)25(30-36-22)35-15-21(31)29-27(2,3)26(33)34/h4-6,10-11,16-19H,7-9,12-15H2,1-3H3,(H,28,32)(H,29,31)(H,33,34). The molecule has 2 fully saturated rings. The third kappa shape index (κ3) is 6.85. The average Bonchev–Trinajstić information content (AvgIpc) is 3.25. The van der Waals surface area contributed by atoms with Crippen LogP contribution in [0.25, 0.3) is 0 Å². The molecule has 1 aromatic heterocycles. The molecule has 2 amide bonds. The van der Waals surface area contributed by atoms with Crippen molar-refractivity contribution in [3.05, 3.63) is 36.1 Å². The van der Waals surface area contributed by atoms with Crippen LogP contribution in [0.1, 0.15) is 69.9 Å². The van der Waals surface area contributed by atoms with Gasteiger partial charge in [0.25, 0.3) is 17.7 Å². The second kappa shape index (κ2) is 11.6. The SMILES string of the molecule is CC(NC(=O)c1onc(OCC(=O)NC(C)(C)C(=O)O)c1Sc1ccccc1)C1CC2CCCC(C2)C1. The largest absolute Gasteiger partial charge is 0.480 e.